The van der Waals surface area contributed by atoms with E-state index in [0.717, 1.165) is 24.1 Å². The average Bonchev–Trinajstić information content (AvgIpc) is 2.61. The lowest BCUT2D eigenvalue weighted by molar-refractivity contribution is -0.118. The fourth-order valence-corrected chi connectivity index (χ4v) is 2.70. The molecule has 0 radical (unpaired) electrons. The molecule has 3 nitrogen and oxygen atoms in total. The molecule has 0 aliphatic heterocycles. The monoisotopic (exact) mass is 364 g/mol. The Kier molecular flexibility index (Phi) is 6.80. The molecule has 0 bridgehead atoms. The summed E-state index contributed by atoms with van der Waals surface area (Å²) in [5.74, 6) is -4.45. The molecule has 0 aliphatic rings. The van der Waals surface area contributed by atoms with Gasteiger partial charge in [-0.05, 0) is 37.0 Å². The van der Waals surface area contributed by atoms with Crippen molar-refractivity contribution in [3.05, 3.63) is 65.5 Å². The molecule has 2 atom stereocenters. The number of rotatable bonds is 7. The highest BCUT2D eigenvalue weighted by Crippen LogP contribution is 2.23. The highest BCUT2D eigenvalue weighted by Gasteiger charge is 2.22. The highest BCUT2D eigenvalue weighted by atomic mass is 19.2. The largest absolute Gasteiger partial charge is 0.322 e. The van der Waals surface area contributed by atoms with Crippen LogP contribution in [0.3, 0.4) is 0 Å². The van der Waals surface area contributed by atoms with Crippen LogP contribution in [0, 0.1) is 23.4 Å². The van der Waals surface area contributed by atoms with Gasteiger partial charge in [-0.2, -0.15) is 0 Å². The Bertz CT molecular complexity index is 750. The molecule has 0 heterocycles. The molecule has 0 spiro atoms. The summed E-state index contributed by atoms with van der Waals surface area (Å²) < 4.78 is 40.0. The summed E-state index contributed by atoms with van der Waals surface area (Å²) in [6, 6.07) is 10.8. The summed E-state index contributed by atoms with van der Waals surface area (Å²) >= 11 is 0. The summed E-state index contributed by atoms with van der Waals surface area (Å²) in [4.78, 5) is 12.4. The Morgan fingerprint density at radius 1 is 0.962 bits per heavy atom. The molecular formula is C20H23F3N2O. The van der Waals surface area contributed by atoms with E-state index in [2.05, 4.69) is 24.5 Å². The fourth-order valence-electron chi connectivity index (χ4n) is 2.70. The number of carbonyl (C=O) groups excluding carboxylic acids is 1. The summed E-state index contributed by atoms with van der Waals surface area (Å²) in [6.07, 6.45) is 0.807. The van der Waals surface area contributed by atoms with Gasteiger partial charge in [-0.3, -0.25) is 10.1 Å². The van der Waals surface area contributed by atoms with Crippen LogP contribution in [0.25, 0.3) is 0 Å². The van der Waals surface area contributed by atoms with Gasteiger partial charge >= 0.3 is 0 Å². The van der Waals surface area contributed by atoms with Crippen molar-refractivity contribution >= 4 is 11.6 Å². The van der Waals surface area contributed by atoms with Crippen molar-refractivity contribution in [1.29, 1.82) is 0 Å². The number of anilines is 1. The molecule has 1 amide bonds. The predicted octanol–water partition coefficient (Wildman–Crippen LogP) is 4.81. The Balaban J connectivity index is 2.10. The third-order valence-corrected chi connectivity index (χ3v) is 4.05. The van der Waals surface area contributed by atoms with Crippen LogP contribution >= 0.6 is 0 Å². The van der Waals surface area contributed by atoms with E-state index < -0.39 is 29.4 Å². The van der Waals surface area contributed by atoms with E-state index in [0.29, 0.717) is 5.92 Å². The molecule has 2 aromatic rings. The maximum atomic E-state index is 13.7. The van der Waals surface area contributed by atoms with E-state index in [-0.39, 0.29) is 11.7 Å². The van der Waals surface area contributed by atoms with Crippen molar-refractivity contribution in [3.8, 4) is 0 Å². The Hall–Kier alpha value is -2.34. The van der Waals surface area contributed by atoms with Gasteiger partial charge in [0.2, 0.25) is 5.91 Å². The first-order valence-corrected chi connectivity index (χ1v) is 8.55. The van der Waals surface area contributed by atoms with E-state index in [1.165, 1.54) is 0 Å². The minimum atomic E-state index is -1.61. The predicted molar refractivity (Wildman–Crippen MR) is 96.2 cm³/mol. The quantitative estimate of drug-likeness (QED) is 0.693. The molecule has 2 rings (SSSR count). The van der Waals surface area contributed by atoms with Crippen LogP contribution in [0.4, 0.5) is 18.9 Å². The number of halogens is 3. The third kappa shape index (κ3) is 5.08. The SMILES string of the molecule is CC(C)C[C@H](N[C@H](C)C(=O)Nc1ccc(F)c(F)c1F)c1ccccc1. The summed E-state index contributed by atoms with van der Waals surface area (Å²) in [5.41, 5.74) is 0.655. The molecule has 0 aliphatic carbocycles. The van der Waals surface area contributed by atoms with Crippen LogP contribution in [-0.4, -0.2) is 11.9 Å². The normalized spacial score (nSPS) is 13.5. The molecule has 2 aromatic carbocycles. The van der Waals surface area contributed by atoms with Gasteiger partial charge in [-0.25, -0.2) is 13.2 Å². The number of nitrogens with one attached hydrogen (secondary N) is 2. The molecule has 0 aromatic heterocycles. The minimum Gasteiger partial charge on any atom is -0.322 e. The minimum absolute atomic E-state index is 0.0632. The van der Waals surface area contributed by atoms with Gasteiger partial charge in [0.25, 0.3) is 0 Å². The second-order valence-corrected chi connectivity index (χ2v) is 6.69. The summed E-state index contributed by atoms with van der Waals surface area (Å²) in [6.45, 7) is 5.81. The first-order chi connectivity index (χ1) is 12.3. The second kappa shape index (κ2) is 8.85. The lowest BCUT2D eigenvalue weighted by Crippen LogP contribution is -2.40. The summed E-state index contributed by atoms with van der Waals surface area (Å²) in [7, 11) is 0. The lowest BCUT2D eigenvalue weighted by Gasteiger charge is -2.25. The lowest BCUT2D eigenvalue weighted by atomic mass is 9.96. The standard InChI is InChI=1S/C20H23F3N2O/c1-12(2)11-17(14-7-5-4-6-8-14)24-13(3)20(26)25-16-10-9-15(21)18(22)19(16)23/h4-10,12-13,17,24H,11H2,1-3H3,(H,25,26)/t13-,17+/m1/s1. The maximum Gasteiger partial charge on any atom is 0.241 e. The van der Waals surface area contributed by atoms with Crippen molar-refractivity contribution in [2.45, 2.75) is 39.3 Å². The highest BCUT2D eigenvalue weighted by molar-refractivity contribution is 5.94. The summed E-state index contributed by atoms with van der Waals surface area (Å²) in [5, 5.41) is 5.53. The number of hydrogen-bond acceptors (Lipinski definition) is 2. The van der Waals surface area contributed by atoms with E-state index in [1.807, 2.05) is 30.3 Å². The molecule has 0 fully saturated rings. The Morgan fingerprint density at radius 2 is 1.62 bits per heavy atom. The van der Waals surface area contributed by atoms with Gasteiger partial charge in [0, 0.05) is 6.04 Å². The van der Waals surface area contributed by atoms with Crippen LogP contribution < -0.4 is 10.6 Å². The van der Waals surface area contributed by atoms with E-state index in [9.17, 15) is 18.0 Å². The van der Waals surface area contributed by atoms with Crippen molar-refractivity contribution in [1.82, 2.24) is 5.32 Å². The molecule has 0 saturated carbocycles. The third-order valence-electron chi connectivity index (χ3n) is 4.05. The molecule has 2 N–H and O–H groups in total. The molecule has 26 heavy (non-hydrogen) atoms. The molecule has 6 heteroatoms. The van der Waals surface area contributed by atoms with Gasteiger partial charge in [0.15, 0.2) is 17.5 Å². The van der Waals surface area contributed by atoms with Gasteiger partial charge in [-0.1, -0.05) is 44.2 Å². The number of hydrogen-bond donors (Lipinski definition) is 2. The Labute approximate surface area is 151 Å². The second-order valence-electron chi connectivity index (χ2n) is 6.69. The van der Waals surface area contributed by atoms with E-state index in [4.69, 9.17) is 0 Å². The van der Waals surface area contributed by atoms with Gasteiger partial charge < -0.3 is 5.32 Å². The maximum absolute atomic E-state index is 13.7. The van der Waals surface area contributed by atoms with Gasteiger partial charge in [0.05, 0.1) is 11.7 Å². The molecule has 0 unspecified atom stereocenters. The Morgan fingerprint density at radius 3 is 2.23 bits per heavy atom. The van der Waals surface area contributed by atoms with Crippen LogP contribution in [0.1, 0.15) is 38.8 Å². The molecule has 0 saturated heterocycles. The van der Waals surface area contributed by atoms with E-state index >= 15 is 0 Å². The zero-order chi connectivity index (χ0) is 19.3. The van der Waals surface area contributed by atoms with Crippen molar-refractivity contribution in [3.63, 3.8) is 0 Å². The van der Waals surface area contributed by atoms with Crippen LogP contribution in [-0.2, 0) is 4.79 Å². The van der Waals surface area contributed by atoms with Gasteiger partial charge in [0.1, 0.15) is 0 Å². The smallest absolute Gasteiger partial charge is 0.241 e. The zero-order valence-corrected chi connectivity index (χ0v) is 15.0. The van der Waals surface area contributed by atoms with Crippen molar-refractivity contribution in [2.24, 2.45) is 5.92 Å². The fraction of sp³-hybridized carbons (Fsp3) is 0.350. The van der Waals surface area contributed by atoms with Crippen molar-refractivity contribution in [2.75, 3.05) is 5.32 Å². The number of carbonyl (C=O) groups is 1. The first-order valence-electron chi connectivity index (χ1n) is 8.55. The number of amides is 1. The zero-order valence-electron chi connectivity index (χ0n) is 15.0. The topological polar surface area (TPSA) is 41.1 Å². The van der Waals surface area contributed by atoms with Crippen LogP contribution in [0.5, 0.6) is 0 Å². The van der Waals surface area contributed by atoms with Crippen LogP contribution in [0.15, 0.2) is 42.5 Å². The molecular weight excluding hydrogens is 341 g/mol. The number of benzene rings is 2. The van der Waals surface area contributed by atoms with Gasteiger partial charge in [-0.15, -0.1) is 0 Å². The first kappa shape index (κ1) is 20.0. The van der Waals surface area contributed by atoms with E-state index in [1.54, 1.807) is 6.92 Å². The van der Waals surface area contributed by atoms with Crippen LogP contribution in [0.2, 0.25) is 0 Å². The molecule has 140 valence electrons. The average molecular weight is 364 g/mol. The van der Waals surface area contributed by atoms with Crippen molar-refractivity contribution < 1.29 is 18.0 Å².